The third kappa shape index (κ3) is 3.88. The number of amides is 2. The first kappa shape index (κ1) is 18.0. The molecule has 1 atom stereocenters. The average molecular weight is 375 g/mol. The van der Waals surface area contributed by atoms with E-state index in [9.17, 15) is 19.5 Å². The maximum atomic E-state index is 12.5. The third-order valence-electron chi connectivity index (χ3n) is 3.92. The summed E-state index contributed by atoms with van der Waals surface area (Å²) in [6.07, 6.45) is 0. The SMILES string of the molecule is Cc1cc(NC(=O)CSCC(=O)N2CC(C(=O)O)c3ccccc32)no1. The summed E-state index contributed by atoms with van der Waals surface area (Å²) in [5.74, 6) is -1.12. The number of aliphatic carboxylic acids is 1. The molecule has 0 aliphatic carbocycles. The first-order valence-electron chi connectivity index (χ1n) is 7.88. The van der Waals surface area contributed by atoms with E-state index in [1.165, 1.54) is 4.90 Å². The summed E-state index contributed by atoms with van der Waals surface area (Å²) in [6, 6.07) is 8.58. The summed E-state index contributed by atoms with van der Waals surface area (Å²) >= 11 is 1.16. The second-order valence-electron chi connectivity index (χ2n) is 5.82. The Hall–Kier alpha value is -2.81. The molecule has 0 spiro atoms. The van der Waals surface area contributed by atoms with Crippen molar-refractivity contribution in [2.75, 3.05) is 28.3 Å². The maximum absolute atomic E-state index is 12.5. The fourth-order valence-corrected chi connectivity index (χ4v) is 3.46. The van der Waals surface area contributed by atoms with Crippen LogP contribution in [0.2, 0.25) is 0 Å². The van der Waals surface area contributed by atoms with Gasteiger partial charge >= 0.3 is 5.97 Å². The van der Waals surface area contributed by atoms with Crippen LogP contribution in [0.4, 0.5) is 11.5 Å². The molecule has 1 aliphatic rings. The highest BCUT2D eigenvalue weighted by Crippen LogP contribution is 2.36. The number of hydrogen-bond acceptors (Lipinski definition) is 6. The molecule has 2 N–H and O–H groups in total. The first-order chi connectivity index (χ1) is 12.5. The Balaban J connectivity index is 1.54. The Morgan fingerprint density at radius 2 is 2.12 bits per heavy atom. The van der Waals surface area contributed by atoms with Crippen LogP contribution in [0.3, 0.4) is 0 Å². The highest BCUT2D eigenvalue weighted by molar-refractivity contribution is 8.00. The highest BCUT2D eigenvalue weighted by atomic mass is 32.2. The van der Waals surface area contributed by atoms with Crippen molar-refractivity contribution in [3.8, 4) is 0 Å². The molecular weight excluding hydrogens is 358 g/mol. The van der Waals surface area contributed by atoms with E-state index < -0.39 is 11.9 Å². The van der Waals surface area contributed by atoms with Crippen LogP contribution in [0.5, 0.6) is 0 Å². The molecule has 0 saturated carbocycles. The molecule has 0 radical (unpaired) electrons. The van der Waals surface area contributed by atoms with Crippen molar-refractivity contribution in [1.82, 2.24) is 5.16 Å². The Morgan fingerprint density at radius 3 is 2.81 bits per heavy atom. The second kappa shape index (κ2) is 7.61. The third-order valence-corrected chi connectivity index (χ3v) is 4.84. The molecule has 8 nitrogen and oxygen atoms in total. The van der Waals surface area contributed by atoms with Crippen molar-refractivity contribution in [1.29, 1.82) is 0 Å². The van der Waals surface area contributed by atoms with Crippen molar-refractivity contribution in [3.63, 3.8) is 0 Å². The fraction of sp³-hybridized carbons (Fsp3) is 0.294. The molecule has 2 amide bonds. The number of benzene rings is 1. The van der Waals surface area contributed by atoms with Gasteiger partial charge in [-0.15, -0.1) is 11.8 Å². The molecule has 1 aromatic heterocycles. The quantitative estimate of drug-likeness (QED) is 0.792. The van der Waals surface area contributed by atoms with Crippen LogP contribution >= 0.6 is 11.8 Å². The van der Waals surface area contributed by atoms with E-state index in [2.05, 4.69) is 10.5 Å². The first-order valence-corrected chi connectivity index (χ1v) is 9.04. The fourth-order valence-electron chi connectivity index (χ4n) is 2.77. The summed E-state index contributed by atoms with van der Waals surface area (Å²) in [6.45, 7) is 1.83. The normalized spacial score (nSPS) is 15.6. The summed E-state index contributed by atoms with van der Waals surface area (Å²) < 4.78 is 4.86. The van der Waals surface area contributed by atoms with Gasteiger partial charge < -0.3 is 19.8 Å². The Bertz CT molecular complexity index is 850. The number of fused-ring (bicyclic) bond motifs is 1. The molecule has 1 aromatic carbocycles. The van der Waals surface area contributed by atoms with Crippen molar-refractivity contribution >= 4 is 41.1 Å². The standard InChI is InChI=1S/C17H17N3O5S/c1-10-6-14(19-25-10)18-15(21)8-26-9-16(22)20-7-12(17(23)24)11-4-2-3-5-13(11)20/h2-6,12H,7-9H2,1H3,(H,23,24)(H,18,19,21). The molecule has 9 heteroatoms. The van der Waals surface area contributed by atoms with Gasteiger partial charge in [0, 0.05) is 18.3 Å². The number of carbonyl (C=O) groups excluding carboxylic acids is 2. The van der Waals surface area contributed by atoms with Crippen LogP contribution in [0.15, 0.2) is 34.9 Å². The number of carboxylic acid groups (broad SMARTS) is 1. The van der Waals surface area contributed by atoms with Crippen LogP contribution in [0.25, 0.3) is 0 Å². The van der Waals surface area contributed by atoms with E-state index in [0.29, 0.717) is 22.8 Å². The number of hydrogen-bond donors (Lipinski definition) is 2. The van der Waals surface area contributed by atoms with Gasteiger partial charge in [0.2, 0.25) is 11.8 Å². The summed E-state index contributed by atoms with van der Waals surface area (Å²) in [7, 11) is 0. The van der Waals surface area contributed by atoms with Crippen molar-refractivity contribution in [2.24, 2.45) is 0 Å². The van der Waals surface area contributed by atoms with Crippen molar-refractivity contribution in [2.45, 2.75) is 12.8 Å². The van der Waals surface area contributed by atoms with Gasteiger partial charge in [-0.25, -0.2) is 0 Å². The number of nitrogens with zero attached hydrogens (tertiary/aromatic N) is 2. The molecule has 2 aromatic rings. The molecule has 26 heavy (non-hydrogen) atoms. The Labute approximate surface area is 153 Å². The molecular formula is C17H17N3O5S. The lowest BCUT2D eigenvalue weighted by Gasteiger charge is -2.17. The lowest BCUT2D eigenvalue weighted by molar-refractivity contribution is -0.138. The molecule has 1 aliphatic heterocycles. The minimum atomic E-state index is -0.956. The monoisotopic (exact) mass is 375 g/mol. The van der Waals surface area contributed by atoms with Crippen molar-refractivity contribution in [3.05, 3.63) is 41.7 Å². The van der Waals surface area contributed by atoms with Crippen LogP contribution < -0.4 is 10.2 Å². The van der Waals surface area contributed by atoms with E-state index in [4.69, 9.17) is 4.52 Å². The van der Waals surface area contributed by atoms with Crippen molar-refractivity contribution < 1.29 is 24.0 Å². The van der Waals surface area contributed by atoms with Crippen LogP contribution in [0, 0.1) is 6.92 Å². The second-order valence-corrected chi connectivity index (χ2v) is 6.80. The van der Waals surface area contributed by atoms with Crippen LogP contribution in [-0.2, 0) is 14.4 Å². The van der Waals surface area contributed by atoms with E-state index in [1.807, 2.05) is 0 Å². The van der Waals surface area contributed by atoms with E-state index >= 15 is 0 Å². The zero-order chi connectivity index (χ0) is 18.7. The zero-order valence-electron chi connectivity index (χ0n) is 14.0. The predicted octanol–water partition coefficient (Wildman–Crippen LogP) is 1.87. The lowest BCUT2D eigenvalue weighted by Crippen LogP contribution is -2.33. The topological polar surface area (TPSA) is 113 Å². The average Bonchev–Trinajstić information content (AvgIpc) is 3.18. The Morgan fingerprint density at radius 1 is 1.35 bits per heavy atom. The van der Waals surface area contributed by atoms with E-state index in [0.717, 1.165) is 11.8 Å². The lowest BCUT2D eigenvalue weighted by atomic mass is 10.0. The van der Waals surface area contributed by atoms with Crippen LogP contribution in [-0.4, -0.2) is 46.1 Å². The zero-order valence-corrected chi connectivity index (χ0v) is 14.8. The van der Waals surface area contributed by atoms with Gasteiger partial charge in [0.25, 0.3) is 0 Å². The summed E-state index contributed by atoms with van der Waals surface area (Å²) in [4.78, 5) is 37.2. The molecule has 0 fully saturated rings. The number of carbonyl (C=O) groups is 3. The molecule has 1 unspecified atom stereocenters. The number of carboxylic acids is 1. The molecule has 3 rings (SSSR count). The van der Waals surface area contributed by atoms with Crippen LogP contribution in [0.1, 0.15) is 17.2 Å². The smallest absolute Gasteiger partial charge is 0.312 e. The molecule has 136 valence electrons. The largest absolute Gasteiger partial charge is 0.481 e. The summed E-state index contributed by atoms with van der Waals surface area (Å²) in [5, 5.41) is 15.6. The van der Waals surface area contributed by atoms with Gasteiger partial charge in [-0.3, -0.25) is 14.4 Å². The van der Waals surface area contributed by atoms with Gasteiger partial charge in [0.1, 0.15) is 11.7 Å². The predicted molar refractivity (Wildman–Crippen MR) is 96.4 cm³/mol. The highest BCUT2D eigenvalue weighted by Gasteiger charge is 2.36. The van der Waals surface area contributed by atoms with Gasteiger partial charge in [-0.1, -0.05) is 23.4 Å². The minimum absolute atomic E-state index is 0.0753. The number of para-hydroxylation sites is 1. The van der Waals surface area contributed by atoms with Gasteiger partial charge in [0.15, 0.2) is 5.82 Å². The number of aromatic nitrogens is 1. The van der Waals surface area contributed by atoms with E-state index in [-0.39, 0.29) is 29.9 Å². The minimum Gasteiger partial charge on any atom is -0.481 e. The van der Waals surface area contributed by atoms with E-state index in [1.54, 1.807) is 37.3 Å². The number of nitrogens with one attached hydrogen (secondary N) is 1. The molecule has 0 saturated heterocycles. The van der Waals surface area contributed by atoms with Gasteiger partial charge in [-0.05, 0) is 18.6 Å². The molecule has 0 bridgehead atoms. The van der Waals surface area contributed by atoms with Gasteiger partial charge in [-0.2, -0.15) is 0 Å². The Kier molecular flexibility index (Phi) is 5.27. The number of rotatable bonds is 6. The number of anilines is 2. The molecule has 2 heterocycles. The summed E-state index contributed by atoms with van der Waals surface area (Å²) in [5.41, 5.74) is 1.26. The number of aryl methyl sites for hydroxylation is 1. The number of thioether (sulfide) groups is 1. The van der Waals surface area contributed by atoms with Gasteiger partial charge in [0.05, 0.1) is 11.5 Å². The maximum Gasteiger partial charge on any atom is 0.312 e.